The van der Waals surface area contributed by atoms with E-state index in [2.05, 4.69) is 32.0 Å². The maximum absolute atomic E-state index is 9.32. The predicted molar refractivity (Wildman–Crippen MR) is 89.2 cm³/mol. The molecule has 1 aliphatic carbocycles. The number of rotatable bonds is 3. The second kappa shape index (κ2) is 5.81. The molecule has 2 unspecified atom stereocenters. The highest BCUT2D eigenvalue weighted by Crippen LogP contribution is 2.32. The minimum atomic E-state index is 0.167. The summed E-state index contributed by atoms with van der Waals surface area (Å²) in [6.07, 6.45) is 10.5. The lowest BCUT2D eigenvalue weighted by Crippen LogP contribution is -2.30. The Morgan fingerprint density at radius 3 is 2.74 bits per heavy atom. The number of aliphatic hydroxyl groups excluding tert-OH is 1. The van der Waals surface area contributed by atoms with Gasteiger partial charge in [-0.25, -0.2) is 4.98 Å². The number of fused-ring (bicyclic) bond motifs is 1. The van der Waals surface area contributed by atoms with E-state index in [1.807, 2.05) is 10.9 Å². The fourth-order valence-corrected chi connectivity index (χ4v) is 3.58. The molecule has 0 radical (unpaired) electrons. The first kappa shape index (κ1) is 14.4. The van der Waals surface area contributed by atoms with Crippen LogP contribution in [0.4, 0.5) is 11.8 Å². The van der Waals surface area contributed by atoms with E-state index in [1.165, 1.54) is 19.3 Å². The van der Waals surface area contributed by atoms with Gasteiger partial charge in [0.25, 0.3) is 0 Å². The predicted octanol–water partition coefficient (Wildman–Crippen LogP) is 1.51. The molecule has 1 saturated heterocycles. The molecule has 0 aromatic carbocycles. The molecule has 0 bridgehead atoms. The zero-order valence-corrected chi connectivity index (χ0v) is 13.1. The molecule has 2 atom stereocenters. The van der Waals surface area contributed by atoms with Gasteiger partial charge in [0, 0.05) is 25.6 Å². The molecule has 3 N–H and O–H groups in total. The van der Waals surface area contributed by atoms with E-state index in [0.717, 1.165) is 36.5 Å². The van der Waals surface area contributed by atoms with E-state index in [9.17, 15) is 5.11 Å². The molecule has 2 aliphatic rings. The number of aromatic nitrogens is 4. The Morgan fingerprint density at radius 1 is 1.17 bits per heavy atom. The van der Waals surface area contributed by atoms with Gasteiger partial charge in [0.05, 0.1) is 12.4 Å². The molecule has 7 nitrogen and oxygen atoms in total. The summed E-state index contributed by atoms with van der Waals surface area (Å²) in [4.78, 5) is 15.7. The summed E-state index contributed by atoms with van der Waals surface area (Å²) in [7, 11) is 0. The zero-order valence-electron chi connectivity index (χ0n) is 13.1. The second-order valence-corrected chi connectivity index (χ2v) is 6.41. The molecule has 2 aromatic rings. The van der Waals surface area contributed by atoms with Crippen LogP contribution in [0.5, 0.6) is 0 Å². The minimum Gasteiger partial charge on any atom is -0.396 e. The highest BCUT2D eigenvalue weighted by molar-refractivity contribution is 5.85. The number of nitrogens with zero attached hydrogens (tertiary/aromatic N) is 5. The van der Waals surface area contributed by atoms with Crippen LogP contribution in [-0.4, -0.2) is 44.3 Å². The number of hydrogen-bond donors (Lipinski definition) is 2. The first-order valence-corrected chi connectivity index (χ1v) is 8.30. The monoisotopic (exact) mass is 314 g/mol. The molecule has 4 rings (SSSR count). The van der Waals surface area contributed by atoms with Gasteiger partial charge in [-0.15, -0.1) is 0 Å². The van der Waals surface area contributed by atoms with E-state index in [4.69, 9.17) is 5.73 Å². The van der Waals surface area contributed by atoms with E-state index in [0.29, 0.717) is 5.95 Å². The number of anilines is 2. The van der Waals surface area contributed by atoms with Crippen molar-refractivity contribution in [2.75, 3.05) is 30.3 Å². The van der Waals surface area contributed by atoms with Crippen LogP contribution in [0.15, 0.2) is 18.5 Å². The maximum Gasteiger partial charge on any atom is 0.224 e. The van der Waals surface area contributed by atoms with Crippen LogP contribution in [0.2, 0.25) is 0 Å². The van der Waals surface area contributed by atoms with Crippen LogP contribution < -0.4 is 10.6 Å². The van der Waals surface area contributed by atoms with Crippen molar-refractivity contribution >= 4 is 22.9 Å². The van der Waals surface area contributed by atoms with Crippen LogP contribution in [0, 0.1) is 5.92 Å². The number of nitrogens with two attached hydrogens (primary N) is 1. The third kappa shape index (κ3) is 2.55. The SMILES string of the molecule is Nc1nc(N2CCCCC2)c2ncn(C3C=CC(CO)C3)c2n1. The highest BCUT2D eigenvalue weighted by Gasteiger charge is 2.24. The van der Waals surface area contributed by atoms with Crippen molar-refractivity contribution in [3.63, 3.8) is 0 Å². The average molecular weight is 314 g/mol. The Kier molecular flexibility index (Phi) is 3.65. The number of piperidine rings is 1. The Bertz CT molecular complexity index is 733. The van der Waals surface area contributed by atoms with Crippen molar-refractivity contribution in [2.24, 2.45) is 5.92 Å². The summed E-state index contributed by atoms with van der Waals surface area (Å²) in [5.41, 5.74) is 7.57. The van der Waals surface area contributed by atoms with Crippen LogP contribution in [0.3, 0.4) is 0 Å². The molecule has 3 heterocycles. The lowest BCUT2D eigenvalue weighted by Gasteiger charge is -2.27. The van der Waals surface area contributed by atoms with Crippen molar-refractivity contribution < 1.29 is 5.11 Å². The second-order valence-electron chi connectivity index (χ2n) is 6.41. The van der Waals surface area contributed by atoms with E-state index < -0.39 is 0 Å². The number of nitrogen functional groups attached to an aromatic ring is 1. The molecule has 1 aliphatic heterocycles. The number of aliphatic hydroxyl groups is 1. The van der Waals surface area contributed by atoms with Crippen molar-refractivity contribution in [1.29, 1.82) is 0 Å². The van der Waals surface area contributed by atoms with Gasteiger partial charge >= 0.3 is 0 Å². The smallest absolute Gasteiger partial charge is 0.224 e. The van der Waals surface area contributed by atoms with E-state index in [-0.39, 0.29) is 18.6 Å². The third-order valence-electron chi connectivity index (χ3n) is 4.82. The standard InChI is InChI=1S/C16H22N6O/c17-16-19-14(21-6-2-1-3-7-21)13-15(20-16)22(10-18-13)12-5-4-11(8-12)9-23/h4-5,10-12,23H,1-3,6-9H2,(H2,17,19,20). The summed E-state index contributed by atoms with van der Waals surface area (Å²) in [5.74, 6) is 1.35. The van der Waals surface area contributed by atoms with Gasteiger partial charge in [-0.05, 0) is 25.7 Å². The first-order chi connectivity index (χ1) is 11.3. The van der Waals surface area contributed by atoms with Gasteiger partial charge in [-0.1, -0.05) is 12.2 Å². The third-order valence-corrected chi connectivity index (χ3v) is 4.82. The molecule has 0 saturated carbocycles. The first-order valence-electron chi connectivity index (χ1n) is 8.30. The van der Waals surface area contributed by atoms with Gasteiger partial charge < -0.3 is 20.3 Å². The normalized spacial score (nSPS) is 24.7. The molecule has 122 valence electrons. The molecular formula is C16H22N6O. The van der Waals surface area contributed by atoms with Crippen molar-refractivity contribution in [2.45, 2.75) is 31.7 Å². The summed E-state index contributed by atoms with van der Waals surface area (Å²) in [5, 5.41) is 9.32. The van der Waals surface area contributed by atoms with Crippen LogP contribution >= 0.6 is 0 Å². The van der Waals surface area contributed by atoms with Gasteiger partial charge in [0.1, 0.15) is 0 Å². The summed E-state index contributed by atoms with van der Waals surface area (Å²) < 4.78 is 2.05. The molecule has 2 aromatic heterocycles. The Balaban J connectivity index is 1.74. The summed E-state index contributed by atoms with van der Waals surface area (Å²) >= 11 is 0. The molecule has 1 fully saturated rings. The number of hydrogen-bond acceptors (Lipinski definition) is 6. The molecule has 7 heteroatoms. The van der Waals surface area contributed by atoms with Gasteiger partial charge in [-0.2, -0.15) is 9.97 Å². The largest absolute Gasteiger partial charge is 0.396 e. The molecule has 0 amide bonds. The fraction of sp³-hybridized carbons (Fsp3) is 0.562. The van der Waals surface area contributed by atoms with Gasteiger partial charge in [0.15, 0.2) is 17.0 Å². The quantitative estimate of drug-likeness (QED) is 0.834. The average Bonchev–Trinajstić information content (AvgIpc) is 3.21. The van der Waals surface area contributed by atoms with Crippen molar-refractivity contribution in [3.05, 3.63) is 18.5 Å². The van der Waals surface area contributed by atoms with Crippen LogP contribution in [-0.2, 0) is 0 Å². The minimum absolute atomic E-state index is 0.167. The fourth-order valence-electron chi connectivity index (χ4n) is 3.58. The van der Waals surface area contributed by atoms with E-state index in [1.54, 1.807) is 0 Å². The maximum atomic E-state index is 9.32. The van der Waals surface area contributed by atoms with E-state index >= 15 is 0 Å². The summed E-state index contributed by atoms with van der Waals surface area (Å²) in [6, 6.07) is 0.167. The molecule has 23 heavy (non-hydrogen) atoms. The molecule has 0 spiro atoms. The van der Waals surface area contributed by atoms with Gasteiger partial charge in [0.2, 0.25) is 5.95 Å². The molecular weight excluding hydrogens is 292 g/mol. The van der Waals surface area contributed by atoms with Crippen molar-refractivity contribution in [1.82, 2.24) is 19.5 Å². The lowest BCUT2D eigenvalue weighted by atomic mass is 10.1. The van der Waals surface area contributed by atoms with Crippen LogP contribution in [0.25, 0.3) is 11.2 Å². The topological polar surface area (TPSA) is 93.1 Å². The Morgan fingerprint density at radius 2 is 2.00 bits per heavy atom. The number of allylic oxidation sites excluding steroid dienone is 1. The van der Waals surface area contributed by atoms with Crippen molar-refractivity contribution in [3.8, 4) is 0 Å². The summed E-state index contributed by atoms with van der Waals surface area (Å²) in [6.45, 7) is 2.17. The number of imidazole rings is 1. The zero-order chi connectivity index (χ0) is 15.8. The van der Waals surface area contributed by atoms with Crippen LogP contribution in [0.1, 0.15) is 31.7 Å². The highest BCUT2D eigenvalue weighted by atomic mass is 16.3. The Hall–Kier alpha value is -2.15. The lowest BCUT2D eigenvalue weighted by molar-refractivity contribution is 0.244. The Labute approximate surface area is 134 Å². The van der Waals surface area contributed by atoms with Gasteiger partial charge in [-0.3, -0.25) is 0 Å².